The number of hydrogen-bond acceptors (Lipinski definition) is 5. The van der Waals surface area contributed by atoms with E-state index < -0.39 is 0 Å². The van der Waals surface area contributed by atoms with Crippen LogP contribution in [0.25, 0.3) is 27.5 Å². The fourth-order valence-electron chi connectivity index (χ4n) is 9.89. The minimum Gasteiger partial charge on any atom is -0.505 e. The molecule has 0 radical (unpaired) electrons. The maximum absolute atomic E-state index is 4.02. The Balaban J connectivity index is 0.00000372. The summed E-state index contributed by atoms with van der Waals surface area (Å²) in [6.07, 6.45) is 14.6. The van der Waals surface area contributed by atoms with Crippen molar-refractivity contribution in [3.8, 4) is 5.69 Å². The predicted octanol–water partition coefficient (Wildman–Crippen LogP) is 12.1. The number of rotatable bonds is 5. The number of benzene rings is 5. The van der Waals surface area contributed by atoms with Gasteiger partial charge in [0.25, 0.3) is 0 Å². The van der Waals surface area contributed by atoms with E-state index in [2.05, 4.69) is 178 Å². The molecule has 55 heavy (non-hydrogen) atoms. The Morgan fingerprint density at radius 3 is 2.04 bits per heavy atom. The zero-order valence-electron chi connectivity index (χ0n) is 31.5. The van der Waals surface area contributed by atoms with Crippen LogP contribution in [0.1, 0.15) is 65.2 Å². The van der Waals surface area contributed by atoms with Crippen molar-refractivity contribution in [2.24, 2.45) is 11.8 Å². The van der Waals surface area contributed by atoms with Gasteiger partial charge in [-0.3, -0.25) is 0 Å². The van der Waals surface area contributed by atoms with Gasteiger partial charge in [-0.25, -0.2) is 0 Å². The van der Waals surface area contributed by atoms with Gasteiger partial charge >= 0.3 is 21.1 Å². The first-order chi connectivity index (χ1) is 26.6. The van der Waals surface area contributed by atoms with Crippen LogP contribution in [-0.4, -0.2) is 21.6 Å². The van der Waals surface area contributed by atoms with Crippen molar-refractivity contribution in [1.82, 2.24) is 9.47 Å². The number of hydrogen-bond donors (Lipinski definition) is 0. The van der Waals surface area contributed by atoms with E-state index in [0.29, 0.717) is 12.1 Å². The zero-order chi connectivity index (χ0) is 35.9. The molecule has 278 valence electrons. The van der Waals surface area contributed by atoms with Crippen LogP contribution in [0.2, 0.25) is 0 Å². The third-order valence-electron chi connectivity index (χ3n) is 12.9. The zero-order valence-corrected chi connectivity index (χ0v) is 33.8. The van der Waals surface area contributed by atoms with E-state index in [0.717, 1.165) is 46.0 Å². The first-order valence-corrected chi connectivity index (χ1v) is 20.1. The van der Waals surface area contributed by atoms with Crippen LogP contribution in [0.15, 0.2) is 109 Å². The topological polar surface area (TPSA) is 21.1 Å². The Morgan fingerprint density at radius 2 is 1.22 bits per heavy atom. The molecule has 2 fully saturated rings. The quantitative estimate of drug-likeness (QED) is 0.160. The van der Waals surface area contributed by atoms with E-state index in [-0.39, 0.29) is 21.1 Å². The second-order valence-corrected chi connectivity index (χ2v) is 16.3. The summed E-state index contributed by atoms with van der Waals surface area (Å²) in [5, 5.41) is 2.52. The van der Waals surface area contributed by atoms with Gasteiger partial charge in [0.15, 0.2) is 0 Å². The van der Waals surface area contributed by atoms with Gasteiger partial charge in [-0.15, -0.1) is 47.8 Å². The van der Waals surface area contributed by atoms with Gasteiger partial charge < -0.3 is 29.1 Å². The molecule has 0 spiro atoms. The third kappa shape index (κ3) is 5.69. The number of para-hydroxylation sites is 4. The van der Waals surface area contributed by atoms with Crippen LogP contribution >= 0.6 is 0 Å². The summed E-state index contributed by atoms with van der Waals surface area (Å²) < 4.78 is 2.45. The van der Waals surface area contributed by atoms with Gasteiger partial charge in [-0.05, 0) is 111 Å². The molecule has 7 heteroatoms. The summed E-state index contributed by atoms with van der Waals surface area (Å²) >= 11 is 0. The van der Waals surface area contributed by atoms with Crippen molar-refractivity contribution in [1.29, 1.82) is 0 Å². The van der Waals surface area contributed by atoms with E-state index >= 15 is 0 Å². The molecule has 11 rings (SSSR count). The van der Waals surface area contributed by atoms with E-state index in [1.165, 1.54) is 84.5 Å². The SMILES string of the molecule is CC1CCC(N2C=CN(c3[c-]c(N4c5[c-]c(N6[CH-]N(C7CCC(C)CC7)c7ccccc76)ccc5-n5c6ccccc6c6cccc4c65)ccc3)[CH-]2)CC1.[Pt+4]. The van der Waals surface area contributed by atoms with Gasteiger partial charge in [0, 0.05) is 39.7 Å². The molecule has 3 aliphatic heterocycles. The minimum absolute atomic E-state index is 0. The van der Waals surface area contributed by atoms with E-state index in [1.54, 1.807) is 0 Å². The number of anilines is 7. The summed E-state index contributed by atoms with van der Waals surface area (Å²) in [4.78, 5) is 12.0. The molecule has 0 amide bonds. The Kier molecular flexibility index (Phi) is 8.74. The van der Waals surface area contributed by atoms with E-state index in [9.17, 15) is 0 Å². The Hall–Kier alpha value is -4.67. The molecule has 2 saturated carbocycles. The maximum atomic E-state index is 4.02. The molecule has 2 aliphatic carbocycles. The smallest absolute Gasteiger partial charge is 0.505 e. The fourth-order valence-corrected chi connectivity index (χ4v) is 9.89. The van der Waals surface area contributed by atoms with E-state index in [1.807, 2.05) is 0 Å². The number of fused-ring (bicyclic) bond motifs is 6. The van der Waals surface area contributed by atoms with Crippen LogP contribution in [-0.2, 0) is 21.1 Å². The van der Waals surface area contributed by atoms with Gasteiger partial charge in [0.1, 0.15) is 0 Å². The molecule has 5 aliphatic rings. The molecule has 5 aromatic carbocycles. The monoisotopic (exact) mass is 901 g/mol. The van der Waals surface area contributed by atoms with Crippen LogP contribution in [0.3, 0.4) is 0 Å². The van der Waals surface area contributed by atoms with Gasteiger partial charge in [-0.1, -0.05) is 62.0 Å². The average Bonchev–Trinajstić information content (AvgIpc) is 3.95. The predicted molar refractivity (Wildman–Crippen MR) is 223 cm³/mol. The molecule has 4 heterocycles. The summed E-state index contributed by atoms with van der Waals surface area (Å²) in [6.45, 7) is 9.40. The van der Waals surface area contributed by atoms with Gasteiger partial charge in [-0.2, -0.15) is 19.4 Å². The fraction of sp³-hybridized carbons (Fsp3) is 0.292. The van der Waals surface area contributed by atoms with Crippen molar-refractivity contribution in [2.45, 2.75) is 77.3 Å². The molecule has 0 unspecified atom stereocenters. The molecule has 0 saturated heterocycles. The van der Waals surface area contributed by atoms with Gasteiger partial charge in [0.2, 0.25) is 0 Å². The largest absolute Gasteiger partial charge is 4.00 e. The molecular weight excluding hydrogens is 856 g/mol. The number of aromatic nitrogens is 1. The average molecular weight is 902 g/mol. The van der Waals surface area contributed by atoms with E-state index in [4.69, 9.17) is 0 Å². The first-order valence-electron chi connectivity index (χ1n) is 20.1. The molecule has 1 aromatic heterocycles. The van der Waals surface area contributed by atoms with Crippen molar-refractivity contribution < 1.29 is 21.1 Å². The molecule has 6 nitrogen and oxygen atoms in total. The Labute approximate surface area is 339 Å². The Bertz CT molecular complexity index is 2420. The first kappa shape index (κ1) is 34.8. The number of nitrogens with zero attached hydrogens (tertiary/aromatic N) is 6. The molecule has 0 bridgehead atoms. The van der Waals surface area contributed by atoms with Crippen LogP contribution in [0.5, 0.6) is 0 Å². The Morgan fingerprint density at radius 1 is 0.545 bits per heavy atom. The van der Waals surface area contributed by atoms with Crippen molar-refractivity contribution in [2.75, 3.05) is 19.6 Å². The third-order valence-corrected chi connectivity index (χ3v) is 12.9. The van der Waals surface area contributed by atoms with Crippen molar-refractivity contribution in [3.05, 3.63) is 135 Å². The molecule has 0 atom stereocenters. The van der Waals surface area contributed by atoms with Crippen LogP contribution in [0.4, 0.5) is 39.8 Å². The standard InChI is InChI=1S/C48H46N6.Pt/c1-33-17-21-35(22-18-33)49-27-28-50(31-49)37-9-7-10-39(29-37)53-46-16-8-12-41-40-11-3-4-13-42(40)54(48(41)46)45-26-25-38(30-47(45)53)52-32-51(36-23-19-34(2)20-24-36)43-14-5-6-15-44(43)52;/h3-16,25-28,31-36H,17-24H2,1-2H3;/q-4;+4. The second-order valence-electron chi connectivity index (χ2n) is 16.3. The summed E-state index contributed by atoms with van der Waals surface area (Å²) in [7, 11) is 0. The van der Waals surface area contributed by atoms with Crippen molar-refractivity contribution >= 4 is 61.6 Å². The van der Waals surface area contributed by atoms with Crippen LogP contribution < -0.4 is 19.6 Å². The summed E-state index contributed by atoms with van der Waals surface area (Å²) in [5.74, 6) is 1.64. The normalized spacial score (nSPS) is 23.1. The molecule has 6 aromatic rings. The second kappa shape index (κ2) is 13.8. The summed E-state index contributed by atoms with van der Waals surface area (Å²) in [6, 6.07) is 44.5. The van der Waals surface area contributed by atoms with Crippen LogP contribution in [0, 0.1) is 37.3 Å². The molecule has 0 N–H and O–H groups in total. The summed E-state index contributed by atoms with van der Waals surface area (Å²) in [5.41, 5.74) is 11.3. The van der Waals surface area contributed by atoms with Crippen molar-refractivity contribution in [3.63, 3.8) is 0 Å². The van der Waals surface area contributed by atoms with Gasteiger partial charge in [0.05, 0.1) is 11.2 Å². The molecular formula is C48H46N6Pt. The minimum atomic E-state index is 0. The maximum Gasteiger partial charge on any atom is 4.00 e.